The summed E-state index contributed by atoms with van der Waals surface area (Å²) in [5, 5.41) is 0. The third-order valence-corrected chi connectivity index (χ3v) is 7.85. The van der Waals surface area contributed by atoms with E-state index in [4.69, 9.17) is 0 Å². The van der Waals surface area contributed by atoms with Gasteiger partial charge in [0.2, 0.25) is 0 Å². The lowest BCUT2D eigenvalue weighted by Crippen LogP contribution is -2.13. The van der Waals surface area contributed by atoms with Gasteiger partial charge in [-0.05, 0) is 71.8 Å². The van der Waals surface area contributed by atoms with Crippen LogP contribution in [-0.2, 0) is 0 Å². The van der Waals surface area contributed by atoms with Crippen molar-refractivity contribution in [3.63, 3.8) is 0 Å². The van der Waals surface area contributed by atoms with Gasteiger partial charge in [-0.25, -0.2) is 0 Å². The van der Waals surface area contributed by atoms with Gasteiger partial charge in [0.05, 0.1) is 11.4 Å². The minimum Gasteiger partial charge on any atom is -0.311 e. The average Bonchev–Trinajstić information content (AvgIpc) is 3.11. The van der Waals surface area contributed by atoms with E-state index in [1.807, 2.05) is 0 Å². The lowest BCUT2D eigenvalue weighted by molar-refractivity contribution is 1.26. The lowest BCUT2D eigenvalue weighted by Gasteiger charge is -2.31. The van der Waals surface area contributed by atoms with Gasteiger partial charge in [-0.15, -0.1) is 0 Å². The highest BCUT2D eigenvalue weighted by Crippen LogP contribution is 2.45. The second kappa shape index (κ2) is 12.6. The van der Waals surface area contributed by atoms with Crippen molar-refractivity contribution in [2.75, 3.05) is 9.80 Å². The van der Waals surface area contributed by atoms with Crippen LogP contribution in [0.1, 0.15) is 0 Å². The molecule has 0 radical (unpaired) electrons. The zero-order chi connectivity index (χ0) is 29.6. The van der Waals surface area contributed by atoms with Gasteiger partial charge in [-0.2, -0.15) is 0 Å². The van der Waals surface area contributed by atoms with E-state index in [1.165, 1.54) is 22.3 Å². The third-order valence-electron chi connectivity index (χ3n) is 7.85. The largest absolute Gasteiger partial charge is 0.311 e. The summed E-state index contributed by atoms with van der Waals surface area (Å²) >= 11 is 0. The summed E-state index contributed by atoms with van der Waals surface area (Å²) in [7, 11) is 0. The lowest BCUT2D eigenvalue weighted by atomic mass is 9.99. The number of hydrogen-bond acceptors (Lipinski definition) is 2. The van der Waals surface area contributed by atoms with Crippen LogP contribution in [0.5, 0.6) is 0 Å². The van der Waals surface area contributed by atoms with E-state index in [9.17, 15) is 0 Å². The Morgan fingerprint density at radius 1 is 0.227 bits per heavy atom. The monoisotopic (exact) mass is 564 g/mol. The van der Waals surface area contributed by atoms with Gasteiger partial charge in [0.25, 0.3) is 0 Å². The summed E-state index contributed by atoms with van der Waals surface area (Å²) in [6.45, 7) is 0. The Kier molecular flexibility index (Phi) is 7.71. The summed E-state index contributed by atoms with van der Waals surface area (Å²) in [6.07, 6.45) is 0. The molecule has 0 spiro atoms. The molecule has 210 valence electrons. The number of benzene rings is 7. The Balaban J connectivity index is 1.40. The summed E-state index contributed by atoms with van der Waals surface area (Å²) in [5.41, 5.74) is 11.4. The van der Waals surface area contributed by atoms with Crippen molar-refractivity contribution in [2.45, 2.75) is 0 Å². The molecule has 0 fully saturated rings. The van der Waals surface area contributed by atoms with Crippen molar-refractivity contribution in [3.8, 4) is 22.3 Å². The van der Waals surface area contributed by atoms with E-state index in [1.54, 1.807) is 0 Å². The van der Waals surface area contributed by atoms with E-state index in [-0.39, 0.29) is 0 Å². The highest BCUT2D eigenvalue weighted by Gasteiger charge is 2.21. The van der Waals surface area contributed by atoms with Crippen LogP contribution in [0.2, 0.25) is 0 Å². The quantitative estimate of drug-likeness (QED) is 0.181. The van der Waals surface area contributed by atoms with Gasteiger partial charge in [-0.1, -0.05) is 133 Å². The van der Waals surface area contributed by atoms with Crippen molar-refractivity contribution < 1.29 is 0 Å². The van der Waals surface area contributed by atoms with Crippen LogP contribution in [0.3, 0.4) is 0 Å². The molecule has 7 aromatic carbocycles. The number of hydrogen-bond donors (Lipinski definition) is 0. The van der Waals surface area contributed by atoms with E-state index in [2.05, 4.69) is 204 Å². The molecule has 0 aliphatic carbocycles. The number of rotatable bonds is 8. The van der Waals surface area contributed by atoms with E-state index in [0.29, 0.717) is 0 Å². The standard InChI is InChI=1S/C42H32N2/c1-5-17-33(18-6-1)39-25-13-15-27-41(39)44(42-28-16-14-26-40(42)34-19-7-2-8-20-34)38-31-29-37(30-32-38)43(35-21-9-3-10-22-35)36-23-11-4-12-24-36/h1-32H. The van der Waals surface area contributed by atoms with Crippen LogP contribution >= 0.6 is 0 Å². The summed E-state index contributed by atoms with van der Waals surface area (Å²) < 4.78 is 0. The maximum atomic E-state index is 2.39. The molecule has 44 heavy (non-hydrogen) atoms. The molecule has 0 bridgehead atoms. The smallest absolute Gasteiger partial charge is 0.0540 e. The van der Waals surface area contributed by atoms with Crippen molar-refractivity contribution in [1.29, 1.82) is 0 Å². The predicted octanol–water partition coefficient (Wildman–Crippen LogP) is 12.0. The molecule has 0 heterocycles. The normalized spacial score (nSPS) is 10.7. The first kappa shape index (κ1) is 27.0. The Hall–Kier alpha value is -5.86. The van der Waals surface area contributed by atoms with Crippen LogP contribution in [-0.4, -0.2) is 0 Å². The summed E-state index contributed by atoms with van der Waals surface area (Å²) in [5.74, 6) is 0. The molecule has 0 aromatic heterocycles. The molecular weight excluding hydrogens is 532 g/mol. The van der Waals surface area contributed by atoms with Crippen LogP contribution in [0, 0.1) is 0 Å². The minimum absolute atomic E-state index is 1.08. The zero-order valence-electron chi connectivity index (χ0n) is 24.4. The van der Waals surface area contributed by atoms with Gasteiger partial charge in [0.15, 0.2) is 0 Å². The zero-order valence-corrected chi connectivity index (χ0v) is 24.4. The van der Waals surface area contributed by atoms with Crippen molar-refractivity contribution in [2.24, 2.45) is 0 Å². The van der Waals surface area contributed by atoms with E-state index >= 15 is 0 Å². The molecule has 2 nitrogen and oxygen atoms in total. The highest BCUT2D eigenvalue weighted by molar-refractivity contribution is 5.93. The second-order valence-electron chi connectivity index (χ2n) is 10.6. The van der Waals surface area contributed by atoms with Crippen molar-refractivity contribution in [3.05, 3.63) is 194 Å². The fraction of sp³-hybridized carbons (Fsp3) is 0. The van der Waals surface area contributed by atoms with Crippen LogP contribution in [0.25, 0.3) is 22.3 Å². The van der Waals surface area contributed by atoms with Crippen LogP contribution in [0.4, 0.5) is 34.1 Å². The minimum atomic E-state index is 1.08. The first-order chi connectivity index (χ1) is 21.9. The molecule has 0 aliphatic heterocycles. The molecule has 0 unspecified atom stereocenters. The topological polar surface area (TPSA) is 6.48 Å². The Labute approximate surface area is 259 Å². The fourth-order valence-corrected chi connectivity index (χ4v) is 5.82. The SMILES string of the molecule is c1ccc(-c2ccccc2N(c2ccc(N(c3ccccc3)c3ccccc3)cc2)c2ccccc2-c2ccccc2)cc1. The maximum Gasteiger partial charge on any atom is 0.0540 e. The number of para-hydroxylation sites is 4. The first-order valence-electron chi connectivity index (χ1n) is 15.0. The Morgan fingerprint density at radius 2 is 0.523 bits per heavy atom. The molecule has 0 saturated heterocycles. The maximum absolute atomic E-state index is 2.39. The molecule has 2 heteroatoms. The van der Waals surface area contributed by atoms with Gasteiger partial charge in [-0.3, -0.25) is 0 Å². The Morgan fingerprint density at radius 3 is 0.932 bits per heavy atom. The third kappa shape index (κ3) is 5.49. The second-order valence-corrected chi connectivity index (χ2v) is 10.6. The van der Waals surface area contributed by atoms with Gasteiger partial charge < -0.3 is 9.80 Å². The number of nitrogens with zero attached hydrogens (tertiary/aromatic N) is 2. The summed E-state index contributed by atoms with van der Waals surface area (Å²) in [6, 6.07) is 68.6. The van der Waals surface area contributed by atoms with Gasteiger partial charge in [0, 0.05) is 33.9 Å². The van der Waals surface area contributed by atoms with Crippen LogP contribution < -0.4 is 9.80 Å². The molecule has 0 N–H and O–H groups in total. The molecular formula is C42H32N2. The van der Waals surface area contributed by atoms with Crippen LogP contribution in [0.15, 0.2) is 194 Å². The number of anilines is 6. The van der Waals surface area contributed by atoms with Gasteiger partial charge >= 0.3 is 0 Å². The van der Waals surface area contributed by atoms with E-state index in [0.717, 1.165) is 34.1 Å². The van der Waals surface area contributed by atoms with Crippen molar-refractivity contribution >= 4 is 34.1 Å². The predicted molar refractivity (Wildman–Crippen MR) is 187 cm³/mol. The fourth-order valence-electron chi connectivity index (χ4n) is 5.82. The average molecular weight is 565 g/mol. The molecule has 0 saturated carbocycles. The molecule has 0 amide bonds. The van der Waals surface area contributed by atoms with E-state index < -0.39 is 0 Å². The van der Waals surface area contributed by atoms with Gasteiger partial charge in [0.1, 0.15) is 0 Å². The Bertz CT molecular complexity index is 1810. The highest BCUT2D eigenvalue weighted by atomic mass is 15.2. The summed E-state index contributed by atoms with van der Waals surface area (Å²) in [4.78, 5) is 4.69. The van der Waals surface area contributed by atoms with Crippen molar-refractivity contribution in [1.82, 2.24) is 0 Å². The molecule has 0 aliphatic rings. The molecule has 7 aromatic rings. The molecule has 7 rings (SSSR count). The molecule has 0 atom stereocenters. The first-order valence-corrected chi connectivity index (χ1v) is 15.0.